The van der Waals surface area contributed by atoms with Gasteiger partial charge in [-0.05, 0) is 82.0 Å². The number of aryl methyl sites for hydroxylation is 2. The quantitative estimate of drug-likeness (QED) is 0.249. The van der Waals surface area contributed by atoms with E-state index in [2.05, 4.69) is 27.6 Å². The first-order chi connectivity index (χ1) is 16.0. The summed E-state index contributed by atoms with van der Waals surface area (Å²) in [6.07, 6.45) is 4.99. The standard InChI is InChI=1S/C26H21BrN2O4/c1-3-11-33-24-20(27)12-15(13-21(24)32-4-2)14-28-29-25(30)18-9-7-16-5-6-17-8-10-19(26(29)31)23(18)22(16)17/h3,7-10,12-14H,1,4-6,11H2,2H3/b28-14-. The van der Waals surface area contributed by atoms with E-state index in [0.29, 0.717) is 45.9 Å². The van der Waals surface area contributed by atoms with Crippen molar-refractivity contribution in [3.05, 3.63) is 81.3 Å². The van der Waals surface area contributed by atoms with Gasteiger partial charge in [0.2, 0.25) is 0 Å². The topological polar surface area (TPSA) is 68.2 Å². The minimum absolute atomic E-state index is 0.331. The minimum atomic E-state index is -0.422. The number of ether oxygens (including phenoxy) is 2. The fraction of sp³-hybridized carbons (Fsp3) is 0.192. The summed E-state index contributed by atoms with van der Waals surface area (Å²) in [5.74, 6) is 0.237. The van der Waals surface area contributed by atoms with Gasteiger partial charge in [-0.15, -0.1) is 0 Å². The van der Waals surface area contributed by atoms with Crippen LogP contribution in [0.3, 0.4) is 0 Å². The number of hydrazone groups is 1. The van der Waals surface area contributed by atoms with E-state index in [1.165, 1.54) is 17.3 Å². The van der Waals surface area contributed by atoms with Crippen molar-refractivity contribution in [2.45, 2.75) is 19.8 Å². The lowest BCUT2D eigenvalue weighted by atomic mass is 9.92. The molecule has 0 atom stereocenters. The monoisotopic (exact) mass is 504 g/mol. The summed E-state index contributed by atoms with van der Waals surface area (Å²) in [7, 11) is 0. The maximum absolute atomic E-state index is 13.2. The molecule has 0 aromatic heterocycles. The Hall–Kier alpha value is -3.45. The molecular formula is C26H21BrN2O4. The number of halogens is 1. The lowest BCUT2D eigenvalue weighted by Crippen LogP contribution is -2.36. The van der Waals surface area contributed by atoms with Gasteiger partial charge in [0.25, 0.3) is 11.8 Å². The van der Waals surface area contributed by atoms with Crippen LogP contribution in [0.1, 0.15) is 44.3 Å². The van der Waals surface area contributed by atoms with Crippen LogP contribution in [-0.4, -0.2) is 36.3 Å². The number of benzene rings is 3. The third-order valence-corrected chi connectivity index (χ3v) is 6.43. The number of imide groups is 1. The van der Waals surface area contributed by atoms with Crippen LogP contribution in [0, 0.1) is 0 Å². The van der Waals surface area contributed by atoms with Crippen LogP contribution in [0.5, 0.6) is 11.5 Å². The Kier molecular flexibility index (Phi) is 5.50. The molecule has 2 amide bonds. The molecule has 3 aromatic rings. The Morgan fingerprint density at radius 1 is 1.03 bits per heavy atom. The van der Waals surface area contributed by atoms with Crippen LogP contribution < -0.4 is 9.47 Å². The van der Waals surface area contributed by atoms with Crippen molar-refractivity contribution < 1.29 is 19.1 Å². The summed E-state index contributed by atoms with van der Waals surface area (Å²) in [5.41, 5.74) is 4.05. The number of amides is 2. The molecule has 0 radical (unpaired) electrons. The van der Waals surface area contributed by atoms with Crippen molar-refractivity contribution in [1.29, 1.82) is 0 Å². The van der Waals surface area contributed by atoms with Crippen LogP contribution >= 0.6 is 15.9 Å². The fourth-order valence-corrected chi connectivity index (χ4v) is 5.02. The zero-order valence-corrected chi connectivity index (χ0v) is 19.6. The van der Waals surface area contributed by atoms with Gasteiger partial charge in [-0.1, -0.05) is 24.8 Å². The minimum Gasteiger partial charge on any atom is -0.490 e. The highest BCUT2D eigenvalue weighted by Crippen LogP contribution is 2.39. The van der Waals surface area contributed by atoms with Gasteiger partial charge in [-0.3, -0.25) is 9.59 Å². The van der Waals surface area contributed by atoms with E-state index in [-0.39, 0.29) is 0 Å². The summed E-state index contributed by atoms with van der Waals surface area (Å²) in [5, 5.41) is 7.02. The van der Waals surface area contributed by atoms with Crippen LogP contribution in [-0.2, 0) is 12.8 Å². The second-order valence-electron chi connectivity index (χ2n) is 7.82. The SMILES string of the molecule is C=CCOc1c(Br)cc(/C=N\N2C(=O)c3ccc4c5c(ccc(c35)C2=O)CC4)cc1OCC. The zero-order valence-electron chi connectivity index (χ0n) is 18.1. The second-order valence-corrected chi connectivity index (χ2v) is 8.68. The molecule has 0 fully saturated rings. The summed E-state index contributed by atoms with van der Waals surface area (Å²) in [6, 6.07) is 11.1. The highest BCUT2D eigenvalue weighted by molar-refractivity contribution is 9.10. The first kappa shape index (κ1) is 21.4. The highest BCUT2D eigenvalue weighted by atomic mass is 79.9. The molecule has 6 nitrogen and oxygen atoms in total. The molecule has 1 aliphatic carbocycles. The summed E-state index contributed by atoms with van der Waals surface area (Å²) in [4.78, 5) is 26.4. The third kappa shape index (κ3) is 3.53. The largest absolute Gasteiger partial charge is 0.490 e. The molecule has 5 rings (SSSR count). The third-order valence-electron chi connectivity index (χ3n) is 5.84. The van der Waals surface area contributed by atoms with Gasteiger partial charge in [0.05, 0.1) is 28.4 Å². The van der Waals surface area contributed by atoms with Crippen LogP contribution in [0.15, 0.2) is 58.6 Å². The Labute approximate surface area is 199 Å². The van der Waals surface area contributed by atoms with Gasteiger partial charge >= 0.3 is 0 Å². The number of carbonyl (C=O) groups excluding carboxylic acids is 2. The first-order valence-corrected chi connectivity index (χ1v) is 11.5. The lowest BCUT2D eigenvalue weighted by Gasteiger charge is -2.23. The summed E-state index contributed by atoms with van der Waals surface area (Å²) < 4.78 is 12.1. The Balaban J connectivity index is 1.51. The maximum atomic E-state index is 13.2. The highest BCUT2D eigenvalue weighted by Gasteiger charge is 2.35. The Morgan fingerprint density at radius 2 is 1.70 bits per heavy atom. The molecule has 0 spiro atoms. The molecule has 0 N–H and O–H groups in total. The molecule has 0 bridgehead atoms. The van der Waals surface area contributed by atoms with E-state index < -0.39 is 11.8 Å². The van der Waals surface area contributed by atoms with Gasteiger partial charge < -0.3 is 9.47 Å². The predicted octanol–water partition coefficient (Wildman–Crippen LogP) is 5.29. The van der Waals surface area contributed by atoms with E-state index in [4.69, 9.17) is 9.47 Å². The normalized spacial score (nSPS) is 14.4. The zero-order chi connectivity index (χ0) is 23.1. The lowest BCUT2D eigenvalue weighted by molar-refractivity contribution is 0.0616. The van der Waals surface area contributed by atoms with Gasteiger partial charge in [0, 0.05) is 5.39 Å². The van der Waals surface area contributed by atoms with Crippen molar-refractivity contribution in [2.24, 2.45) is 5.10 Å². The number of hydrogen-bond acceptors (Lipinski definition) is 5. The van der Waals surface area contributed by atoms with Crippen LogP contribution in [0.25, 0.3) is 10.8 Å². The van der Waals surface area contributed by atoms with Crippen molar-refractivity contribution in [3.8, 4) is 11.5 Å². The molecule has 2 aliphatic rings. The van der Waals surface area contributed by atoms with E-state index in [1.807, 2.05) is 31.2 Å². The number of nitrogens with zero attached hydrogens (tertiary/aromatic N) is 2. The predicted molar refractivity (Wildman–Crippen MR) is 130 cm³/mol. The fourth-order valence-electron chi connectivity index (χ4n) is 4.44. The van der Waals surface area contributed by atoms with Gasteiger partial charge in [0.15, 0.2) is 11.5 Å². The maximum Gasteiger partial charge on any atom is 0.282 e. The molecular weight excluding hydrogens is 484 g/mol. The van der Waals surface area contributed by atoms with Gasteiger partial charge in [-0.2, -0.15) is 10.1 Å². The van der Waals surface area contributed by atoms with Gasteiger partial charge in [0.1, 0.15) is 6.61 Å². The van der Waals surface area contributed by atoms with Gasteiger partial charge in [-0.25, -0.2) is 0 Å². The van der Waals surface area contributed by atoms with Crippen molar-refractivity contribution in [2.75, 3.05) is 13.2 Å². The summed E-state index contributed by atoms with van der Waals surface area (Å²) in [6.45, 7) is 6.32. The Morgan fingerprint density at radius 3 is 2.30 bits per heavy atom. The van der Waals surface area contributed by atoms with E-state index in [9.17, 15) is 9.59 Å². The summed E-state index contributed by atoms with van der Waals surface area (Å²) >= 11 is 3.50. The molecule has 166 valence electrons. The van der Waals surface area contributed by atoms with E-state index in [1.54, 1.807) is 18.2 Å². The van der Waals surface area contributed by atoms with Crippen LogP contribution in [0.4, 0.5) is 0 Å². The molecule has 0 saturated heterocycles. The van der Waals surface area contributed by atoms with Crippen molar-refractivity contribution >= 4 is 44.7 Å². The molecule has 0 saturated carbocycles. The molecule has 7 heteroatoms. The van der Waals surface area contributed by atoms with Crippen LogP contribution in [0.2, 0.25) is 0 Å². The average Bonchev–Trinajstić information content (AvgIpc) is 3.23. The van der Waals surface area contributed by atoms with Crippen molar-refractivity contribution in [3.63, 3.8) is 0 Å². The Bertz CT molecular complexity index is 1300. The first-order valence-electron chi connectivity index (χ1n) is 10.7. The molecule has 1 aliphatic heterocycles. The molecule has 3 aromatic carbocycles. The number of rotatable bonds is 7. The molecule has 0 unspecified atom stereocenters. The average molecular weight is 505 g/mol. The number of hydrogen-bond donors (Lipinski definition) is 0. The van der Waals surface area contributed by atoms with E-state index >= 15 is 0 Å². The van der Waals surface area contributed by atoms with Crippen molar-refractivity contribution in [1.82, 2.24) is 5.01 Å². The van der Waals surface area contributed by atoms with E-state index in [0.717, 1.165) is 28.6 Å². The smallest absolute Gasteiger partial charge is 0.282 e. The molecule has 33 heavy (non-hydrogen) atoms. The number of carbonyl (C=O) groups is 2. The second kappa shape index (κ2) is 8.48. The molecule has 1 heterocycles.